The standard InChI is InChI=1S/C17H19F2N5O2/c1-20-17(23-11-12-10-13(18)2-7-16(12)19)22-9-8-21-14-3-5-15(6-4-14)24(25)26/h2-7,10,21H,8-9,11H2,1H3,(H2,20,22,23). The van der Waals surface area contributed by atoms with Crippen LogP contribution in [0.3, 0.4) is 0 Å². The monoisotopic (exact) mass is 363 g/mol. The van der Waals surface area contributed by atoms with Gasteiger partial charge in [0.15, 0.2) is 5.96 Å². The van der Waals surface area contributed by atoms with Crippen LogP contribution >= 0.6 is 0 Å². The van der Waals surface area contributed by atoms with Crippen LogP contribution in [-0.4, -0.2) is 31.0 Å². The van der Waals surface area contributed by atoms with Gasteiger partial charge in [0.25, 0.3) is 5.69 Å². The molecule has 0 saturated heterocycles. The van der Waals surface area contributed by atoms with Crippen LogP contribution in [0, 0.1) is 21.7 Å². The van der Waals surface area contributed by atoms with Crippen molar-refractivity contribution in [3.8, 4) is 0 Å². The number of nitro benzene ring substituents is 1. The molecule has 0 aliphatic rings. The number of nitro groups is 1. The third-order valence-electron chi connectivity index (χ3n) is 3.50. The van der Waals surface area contributed by atoms with E-state index >= 15 is 0 Å². The van der Waals surface area contributed by atoms with Gasteiger partial charge >= 0.3 is 0 Å². The Hall–Kier alpha value is -3.23. The minimum atomic E-state index is -0.501. The van der Waals surface area contributed by atoms with Gasteiger partial charge in [0.2, 0.25) is 0 Å². The van der Waals surface area contributed by atoms with Gasteiger partial charge < -0.3 is 16.0 Å². The van der Waals surface area contributed by atoms with Crippen molar-refractivity contribution in [3.63, 3.8) is 0 Å². The summed E-state index contributed by atoms with van der Waals surface area (Å²) in [6.45, 7) is 1.13. The van der Waals surface area contributed by atoms with E-state index in [2.05, 4.69) is 20.9 Å². The highest BCUT2D eigenvalue weighted by Gasteiger charge is 2.06. The predicted molar refractivity (Wildman–Crippen MR) is 96.1 cm³/mol. The predicted octanol–water partition coefficient (Wildman–Crippen LogP) is 2.65. The van der Waals surface area contributed by atoms with Crippen LogP contribution in [0.4, 0.5) is 20.2 Å². The van der Waals surface area contributed by atoms with Gasteiger partial charge in [-0.15, -0.1) is 0 Å². The summed E-state index contributed by atoms with van der Waals surface area (Å²) in [6, 6.07) is 9.36. The molecule has 0 aliphatic heterocycles. The van der Waals surface area contributed by atoms with Crippen LogP contribution in [0.15, 0.2) is 47.5 Å². The largest absolute Gasteiger partial charge is 0.383 e. The van der Waals surface area contributed by atoms with Crippen LogP contribution in [0.2, 0.25) is 0 Å². The van der Waals surface area contributed by atoms with Crippen LogP contribution < -0.4 is 16.0 Å². The van der Waals surface area contributed by atoms with E-state index in [9.17, 15) is 18.9 Å². The molecule has 0 aliphatic carbocycles. The SMILES string of the molecule is CN=C(NCCNc1ccc([N+](=O)[O-])cc1)NCc1cc(F)ccc1F. The number of rotatable bonds is 7. The van der Waals surface area contributed by atoms with Gasteiger partial charge in [-0.1, -0.05) is 0 Å². The summed E-state index contributed by atoms with van der Waals surface area (Å²) >= 11 is 0. The van der Waals surface area contributed by atoms with Gasteiger partial charge in [-0.05, 0) is 30.3 Å². The maximum Gasteiger partial charge on any atom is 0.269 e. The normalized spacial score (nSPS) is 11.1. The Morgan fingerprint density at radius 2 is 1.85 bits per heavy atom. The minimum Gasteiger partial charge on any atom is -0.383 e. The molecule has 2 aromatic rings. The molecule has 0 atom stereocenters. The van der Waals surface area contributed by atoms with Gasteiger partial charge in [-0.3, -0.25) is 15.1 Å². The number of halogens is 2. The number of guanidine groups is 1. The second kappa shape index (κ2) is 9.30. The smallest absolute Gasteiger partial charge is 0.269 e. The van der Waals surface area contributed by atoms with E-state index in [-0.39, 0.29) is 17.8 Å². The van der Waals surface area contributed by atoms with E-state index in [0.29, 0.717) is 19.0 Å². The van der Waals surface area contributed by atoms with Crippen molar-refractivity contribution in [2.75, 3.05) is 25.5 Å². The highest BCUT2D eigenvalue weighted by atomic mass is 19.1. The number of anilines is 1. The van der Waals surface area contributed by atoms with Crippen LogP contribution in [0.25, 0.3) is 0 Å². The number of benzene rings is 2. The highest BCUT2D eigenvalue weighted by Crippen LogP contribution is 2.14. The lowest BCUT2D eigenvalue weighted by molar-refractivity contribution is -0.384. The van der Waals surface area contributed by atoms with E-state index in [0.717, 1.165) is 23.9 Å². The van der Waals surface area contributed by atoms with E-state index in [1.807, 2.05) is 0 Å². The molecule has 9 heteroatoms. The number of nitrogens with one attached hydrogen (secondary N) is 3. The van der Waals surface area contributed by atoms with Crippen molar-refractivity contribution in [1.29, 1.82) is 0 Å². The van der Waals surface area contributed by atoms with Crippen molar-refractivity contribution in [2.45, 2.75) is 6.54 Å². The maximum atomic E-state index is 13.6. The summed E-state index contributed by atoms with van der Waals surface area (Å²) in [7, 11) is 1.57. The van der Waals surface area contributed by atoms with Crippen LogP contribution in [0.1, 0.15) is 5.56 Å². The average Bonchev–Trinajstić information content (AvgIpc) is 2.64. The third kappa shape index (κ3) is 5.69. The molecule has 26 heavy (non-hydrogen) atoms. The van der Waals surface area contributed by atoms with Gasteiger partial charge in [-0.2, -0.15) is 0 Å². The molecule has 0 fully saturated rings. The summed E-state index contributed by atoms with van der Waals surface area (Å²) in [6.07, 6.45) is 0. The number of nitrogens with zero attached hydrogens (tertiary/aromatic N) is 2. The Morgan fingerprint density at radius 1 is 1.12 bits per heavy atom. The fourth-order valence-electron chi connectivity index (χ4n) is 2.17. The number of hydrogen-bond acceptors (Lipinski definition) is 4. The molecule has 138 valence electrons. The molecule has 0 amide bonds. The lowest BCUT2D eigenvalue weighted by Crippen LogP contribution is -2.39. The van der Waals surface area contributed by atoms with Gasteiger partial charge in [0.1, 0.15) is 11.6 Å². The van der Waals surface area contributed by atoms with Gasteiger partial charge in [-0.25, -0.2) is 8.78 Å². The number of aliphatic imine (C=N–C) groups is 1. The van der Waals surface area contributed by atoms with E-state index in [1.54, 1.807) is 19.2 Å². The maximum absolute atomic E-state index is 13.6. The molecule has 0 unspecified atom stereocenters. The summed E-state index contributed by atoms with van der Waals surface area (Å²) in [5.41, 5.74) is 0.988. The van der Waals surface area contributed by atoms with E-state index in [1.165, 1.54) is 12.1 Å². The highest BCUT2D eigenvalue weighted by molar-refractivity contribution is 5.79. The summed E-state index contributed by atoms with van der Waals surface area (Å²) < 4.78 is 26.7. The lowest BCUT2D eigenvalue weighted by atomic mass is 10.2. The topological polar surface area (TPSA) is 91.6 Å². The molecule has 0 radical (unpaired) electrons. The first-order valence-corrected chi connectivity index (χ1v) is 7.86. The quantitative estimate of drug-likeness (QED) is 0.231. The van der Waals surface area contributed by atoms with Crippen molar-refractivity contribution >= 4 is 17.3 Å². The van der Waals surface area contributed by atoms with Crippen molar-refractivity contribution in [2.24, 2.45) is 4.99 Å². The zero-order valence-electron chi connectivity index (χ0n) is 14.1. The first-order valence-electron chi connectivity index (χ1n) is 7.86. The van der Waals surface area contributed by atoms with Crippen LogP contribution in [0.5, 0.6) is 0 Å². The molecule has 0 bridgehead atoms. The number of non-ortho nitro benzene ring substituents is 1. The first-order chi connectivity index (χ1) is 12.5. The Bertz CT molecular complexity index is 781. The Labute approximate surface area is 149 Å². The summed E-state index contributed by atoms with van der Waals surface area (Å²) in [5, 5.41) is 19.6. The molecule has 2 rings (SSSR count). The molecule has 0 aromatic heterocycles. The molecular formula is C17H19F2N5O2. The Kier molecular flexibility index (Phi) is 6.84. The third-order valence-corrected chi connectivity index (χ3v) is 3.50. The molecule has 2 aromatic carbocycles. The second-order valence-electron chi connectivity index (χ2n) is 5.32. The lowest BCUT2D eigenvalue weighted by Gasteiger charge is -2.13. The van der Waals surface area contributed by atoms with Crippen molar-refractivity contribution in [3.05, 3.63) is 69.8 Å². The van der Waals surface area contributed by atoms with Crippen molar-refractivity contribution < 1.29 is 13.7 Å². The molecule has 0 heterocycles. The van der Waals surface area contributed by atoms with E-state index < -0.39 is 16.6 Å². The minimum absolute atomic E-state index is 0.0304. The Balaban J connectivity index is 1.75. The molecule has 3 N–H and O–H groups in total. The Morgan fingerprint density at radius 3 is 2.50 bits per heavy atom. The van der Waals surface area contributed by atoms with Crippen molar-refractivity contribution in [1.82, 2.24) is 10.6 Å². The fraction of sp³-hybridized carbons (Fsp3) is 0.235. The molecule has 0 saturated carbocycles. The summed E-state index contributed by atoms with van der Waals surface area (Å²) in [4.78, 5) is 14.1. The zero-order valence-corrected chi connectivity index (χ0v) is 14.1. The van der Waals surface area contributed by atoms with Gasteiger partial charge in [0.05, 0.1) is 4.92 Å². The van der Waals surface area contributed by atoms with Crippen LogP contribution in [-0.2, 0) is 6.54 Å². The zero-order chi connectivity index (χ0) is 18.9. The fourth-order valence-corrected chi connectivity index (χ4v) is 2.17. The van der Waals surface area contributed by atoms with E-state index in [4.69, 9.17) is 0 Å². The first kappa shape index (κ1) is 19.1. The molecule has 0 spiro atoms. The average molecular weight is 363 g/mol. The summed E-state index contributed by atoms with van der Waals surface area (Å²) in [5.74, 6) is -0.549. The van der Waals surface area contributed by atoms with Gasteiger partial charge in [0, 0.05) is 50.1 Å². The molecular weight excluding hydrogens is 344 g/mol. The second-order valence-corrected chi connectivity index (χ2v) is 5.32. The number of hydrogen-bond donors (Lipinski definition) is 3. The molecule has 7 nitrogen and oxygen atoms in total.